The molecule has 0 aromatic carbocycles. The fourth-order valence-electron chi connectivity index (χ4n) is 0.822. The molecule has 0 aliphatic rings. The lowest BCUT2D eigenvalue weighted by Crippen LogP contribution is -1.80. The van der Waals surface area contributed by atoms with E-state index in [4.69, 9.17) is 0 Å². The quantitative estimate of drug-likeness (QED) is 0.608. The highest BCUT2D eigenvalue weighted by Gasteiger charge is 1.75. The lowest BCUT2D eigenvalue weighted by molar-refractivity contribution is 1.05. The third kappa shape index (κ3) is 23.7. The number of pyridine rings is 1. The van der Waals surface area contributed by atoms with Gasteiger partial charge in [-0.25, -0.2) is 9.97 Å². The highest BCUT2D eigenvalue weighted by molar-refractivity contribution is 4.99. The topological polar surface area (TPSA) is 38.7 Å². The Morgan fingerprint density at radius 3 is 1.24 bits per heavy atom. The molecule has 122 valence electrons. The fourth-order valence-corrected chi connectivity index (χ4v) is 0.822. The SMILES string of the molecule is C.CC.CC.CC.Cc1ccccn1.Cc1ncccn1. The molecule has 0 atom stereocenters. The lowest BCUT2D eigenvalue weighted by Gasteiger charge is -1.82. The molecule has 0 saturated heterocycles. The van der Waals surface area contributed by atoms with Crippen LogP contribution >= 0.6 is 0 Å². The Morgan fingerprint density at radius 2 is 1.05 bits per heavy atom. The Hall–Kier alpha value is -1.77. The molecule has 0 saturated carbocycles. The van der Waals surface area contributed by atoms with Crippen LogP contribution in [0.5, 0.6) is 0 Å². The van der Waals surface area contributed by atoms with Gasteiger partial charge in [0.15, 0.2) is 0 Å². The summed E-state index contributed by atoms with van der Waals surface area (Å²) in [6.07, 6.45) is 5.24. The number of aryl methyl sites for hydroxylation is 2. The maximum atomic E-state index is 3.98. The van der Waals surface area contributed by atoms with Crippen molar-refractivity contribution in [2.45, 2.75) is 62.8 Å². The number of aromatic nitrogens is 3. The van der Waals surface area contributed by atoms with Gasteiger partial charge in [-0.2, -0.15) is 0 Å². The highest BCUT2D eigenvalue weighted by Crippen LogP contribution is 1.86. The van der Waals surface area contributed by atoms with E-state index in [1.165, 1.54) is 0 Å². The van der Waals surface area contributed by atoms with Crippen LogP contribution in [0.4, 0.5) is 0 Å². The molecule has 0 amide bonds. The molecule has 0 radical (unpaired) electrons. The molecular formula is C18H35N3. The molecule has 2 aromatic rings. The fraction of sp³-hybridized carbons (Fsp3) is 0.500. The summed E-state index contributed by atoms with van der Waals surface area (Å²) < 4.78 is 0. The maximum absolute atomic E-state index is 3.98. The summed E-state index contributed by atoms with van der Waals surface area (Å²) in [6.45, 7) is 15.8. The van der Waals surface area contributed by atoms with Crippen LogP contribution in [0.25, 0.3) is 0 Å². The molecular weight excluding hydrogens is 258 g/mol. The number of hydrogen-bond acceptors (Lipinski definition) is 3. The van der Waals surface area contributed by atoms with Crippen molar-refractivity contribution in [1.82, 2.24) is 15.0 Å². The average molecular weight is 293 g/mol. The molecule has 2 rings (SSSR count). The Labute approximate surface area is 132 Å². The zero-order valence-corrected chi connectivity index (χ0v) is 14.4. The van der Waals surface area contributed by atoms with Gasteiger partial charge in [0.05, 0.1) is 0 Å². The number of nitrogens with zero attached hydrogens (tertiary/aromatic N) is 3. The van der Waals surface area contributed by atoms with E-state index < -0.39 is 0 Å². The van der Waals surface area contributed by atoms with Gasteiger partial charge in [0.25, 0.3) is 0 Å². The summed E-state index contributed by atoms with van der Waals surface area (Å²) in [7, 11) is 0. The van der Waals surface area contributed by atoms with E-state index in [0.29, 0.717) is 0 Å². The smallest absolute Gasteiger partial charge is 0.125 e. The van der Waals surface area contributed by atoms with Crippen LogP contribution in [0, 0.1) is 13.8 Å². The van der Waals surface area contributed by atoms with E-state index in [-0.39, 0.29) is 7.43 Å². The Bertz CT molecular complexity index is 310. The third-order valence-corrected chi connectivity index (χ3v) is 1.51. The van der Waals surface area contributed by atoms with Crippen molar-refractivity contribution in [2.24, 2.45) is 0 Å². The van der Waals surface area contributed by atoms with E-state index in [2.05, 4.69) is 15.0 Å². The zero-order chi connectivity index (χ0) is 16.2. The van der Waals surface area contributed by atoms with Gasteiger partial charge in [0.2, 0.25) is 0 Å². The van der Waals surface area contributed by atoms with Crippen molar-refractivity contribution in [3.63, 3.8) is 0 Å². The van der Waals surface area contributed by atoms with Crippen molar-refractivity contribution in [3.8, 4) is 0 Å². The first kappa shape index (κ1) is 27.6. The predicted octanol–water partition coefficient (Wildman–Crippen LogP) is 5.89. The maximum Gasteiger partial charge on any atom is 0.125 e. The van der Waals surface area contributed by atoms with E-state index in [1.807, 2.05) is 73.6 Å². The molecule has 0 N–H and O–H groups in total. The van der Waals surface area contributed by atoms with Crippen LogP contribution in [-0.2, 0) is 0 Å². The standard InChI is InChI=1S/C6H7N.C5H6N2.3C2H6.CH4/c1-6-4-2-3-5-7-6;1-5-6-3-2-4-7-5;3*1-2;/h2-5H,1H3;2-4H,1H3;3*1-2H3;1H4. The molecule has 0 aliphatic carbocycles. The van der Waals surface area contributed by atoms with Gasteiger partial charge in [-0.1, -0.05) is 55.0 Å². The van der Waals surface area contributed by atoms with Crippen LogP contribution in [0.3, 0.4) is 0 Å². The minimum absolute atomic E-state index is 0. The summed E-state index contributed by atoms with van der Waals surface area (Å²) in [6, 6.07) is 7.66. The largest absolute Gasteiger partial charge is 0.262 e. The van der Waals surface area contributed by atoms with Gasteiger partial charge >= 0.3 is 0 Å². The number of hydrogen-bond donors (Lipinski definition) is 0. The van der Waals surface area contributed by atoms with Crippen molar-refractivity contribution in [3.05, 3.63) is 54.4 Å². The van der Waals surface area contributed by atoms with Crippen molar-refractivity contribution in [1.29, 1.82) is 0 Å². The van der Waals surface area contributed by atoms with Crippen molar-refractivity contribution < 1.29 is 0 Å². The second-order valence-corrected chi connectivity index (χ2v) is 2.77. The molecule has 3 nitrogen and oxygen atoms in total. The van der Waals surface area contributed by atoms with Gasteiger partial charge in [-0.05, 0) is 32.0 Å². The molecule has 0 fully saturated rings. The van der Waals surface area contributed by atoms with Gasteiger partial charge < -0.3 is 0 Å². The first-order chi connectivity index (χ1) is 9.79. The zero-order valence-electron chi connectivity index (χ0n) is 14.4. The summed E-state index contributed by atoms with van der Waals surface area (Å²) >= 11 is 0. The van der Waals surface area contributed by atoms with E-state index in [9.17, 15) is 0 Å². The molecule has 21 heavy (non-hydrogen) atoms. The van der Waals surface area contributed by atoms with Crippen LogP contribution in [0.2, 0.25) is 0 Å². The first-order valence-corrected chi connectivity index (χ1v) is 7.40. The first-order valence-electron chi connectivity index (χ1n) is 7.40. The number of rotatable bonds is 0. The van der Waals surface area contributed by atoms with E-state index in [1.54, 1.807) is 24.7 Å². The molecule has 2 aromatic heterocycles. The molecule has 0 bridgehead atoms. The van der Waals surface area contributed by atoms with E-state index >= 15 is 0 Å². The Kier molecular flexibility index (Phi) is 35.1. The summed E-state index contributed by atoms with van der Waals surface area (Å²) in [5, 5.41) is 0. The summed E-state index contributed by atoms with van der Waals surface area (Å²) in [4.78, 5) is 11.7. The summed E-state index contributed by atoms with van der Waals surface area (Å²) in [5.74, 6) is 0.822. The van der Waals surface area contributed by atoms with E-state index in [0.717, 1.165) is 11.5 Å². The Morgan fingerprint density at radius 1 is 0.619 bits per heavy atom. The van der Waals surface area contributed by atoms with Crippen LogP contribution in [0.15, 0.2) is 42.9 Å². The van der Waals surface area contributed by atoms with Gasteiger partial charge in [-0.3, -0.25) is 4.98 Å². The average Bonchev–Trinajstić information content (AvgIpc) is 2.55. The highest BCUT2D eigenvalue weighted by atomic mass is 14.8. The van der Waals surface area contributed by atoms with Crippen LogP contribution in [-0.4, -0.2) is 15.0 Å². The molecule has 0 aliphatic heterocycles. The lowest BCUT2D eigenvalue weighted by atomic mass is 10.4. The minimum atomic E-state index is 0. The molecule has 2 heterocycles. The minimum Gasteiger partial charge on any atom is -0.262 e. The third-order valence-electron chi connectivity index (χ3n) is 1.51. The van der Waals surface area contributed by atoms with Gasteiger partial charge in [-0.15, -0.1) is 0 Å². The molecule has 3 heteroatoms. The van der Waals surface area contributed by atoms with Crippen molar-refractivity contribution in [2.75, 3.05) is 0 Å². The van der Waals surface area contributed by atoms with Crippen molar-refractivity contribution >= 4 is 0 Å². The Balaban J connectivity index is -0.0000000984. The molecule has 0 unspecified atom stereocenters. The van der Waals surface area contributed by atoms with Gasteiger partial charge in [0.1, 0.15) is 5.82 Å². The van der Waals surface area contributed by atoms with Gasteiger partial charge in [0, 0.05) is 24.3 Å². The van der Waals surface area contributed by atoms with Crippen LogP contribution < -0.4 is 0 Å². The second kappa shape index (κ2) is 26.7. The summed E-state index contributed by atoms with van der Waals surface area (Å²) in [5.41, 5.74) is 1.07. The van der Waals surface area contributed by atoms with Crippen LogP contribution in [0.1, 0.15) is 60.5 Å². The predicted molar refractivity (Wildman–Crippen MR) is 96.5 cm³/mol. The molecule has 0 spiro atoms. The monoisotopic (exact) mass is 293 g/mol. The second-order valence-electron chi connectivity index (χ2n) is 2.77. The normalized spacial score (nSPS) is 6.67.